The predicted molar refractivity (Wildman–Crippen MR) is 79.2 cm³/mol. The SMILES string of the molecule is COc1ccc(C(C)Nc2nnc(Br)s2)cc1OC. The van der Waals surface area contributed by atoms with E-state index in [0.717, 1.165) is 20.4 Å². The highest BCUT2D eigenvalue weighted by molar-refractivity contribution is 9.11. The summed E-state index contributed by atoms with van der Waals surface area (Å²) in [5.41, 5.74) is 1.09. The highest BCUT2D eigenvalue weighted by Crippen LogP contribution is 2.31. The third-order valence-corrected chi connectivity index (χ3v) is 3.94. The van der Waals surface area contributed by atoms with E-state index < -0.39 is 0 Å². The van der Waals surface area contributed by atoms with E-state index in [0.29, 0.717) is 5.75 Å². The summed E-state index contributed by atoms with van der Waals surface area (Å²) in [7, 11) is 3.25. The number of rotatable bonds is 5. The molecule has 0 spiro atoms. The maximum absolute atomic E-state index is 5.30. The van der Waals surface area contributed by atoms with E-state index in [1.165, 1.54) is 11.3 Å². The number of nitrogens with zero attached hydrogens (tertiary/aromatic N) is 2. The zero-order valence-corrected chi connectivity index (χ0v) is 13.2. The second kappa shape index (κ2) is 6.21. The van der Waals surface area contributed by atoms with E-state index in [-0.39, 0.29) is 6.04 Å². The van der Waals surface area contributed by atoms with E-state index in [1.807, 2.05) is 18.2 Å². The molecule has 1 heterocycles. The van der Waals surface area contributed by atoms with Crippen LogP contribution in [0.25, 0.3) is 0 Å². The number of anilines is 1. The molecule has 0 aliphatic rings. The van der Waals surface area contributed by atoms with Crippen molar-refractivity contribution in [2.24, 2.45) is 0 Å². The van der Waals surface area contributed by atoms with Gasteiger partial charge >= 0.3 is 0 Å². The third-order valence-electron chi connectivity index (χ3n) is 2.65. The summed E-state index contributed by atoms with van der Waals surface area (Å²) in [5, 5.41) is 12.0. The number of benzene rings is 1. The molecule has 1 atom stereocenters. The molecule has 0 bridgehead atoms. The molecule has 2 aromatic rings. The summed E-state index contributed by atoms with van der Waals surface area (Å²) in [4.78, 5) is 0. The molecule has 19 heavy (non-hydrogen) atoms. The number of hydrogen-bond acceptors (Lipinski definition) is 6. The van der Waals surface area contributed by atoms with Gasteiger partial charge in [0.25, 0.3) is 0 Å². The van der Waals surface area contributed by atoms with Gasteiger partial charge in [0.15, 0.2) is 15.4 Å². The lowest BCUT2D eigenvalue weighted by molar-refractivity contribution is 0.354. The van der Waals surface area contributed by atoms with Crippen molar-refractivity contribution in [2.75, 3.05) is 19.5 Å². The molecule has 0 aliphatic carbocycles. The molecule has 0 saturated heterocycles. The molecule has 2 rings (SSSR count). The van der Waals surface area contributed by atoms with Crippen LogP contribution in [0.15, 0.2) is 22.1 Å². The maximum atomic E-state index is 5.30. The van der Waals surface area contributed by atoms with Crippen LogP contribution < -0.4 is 14.8 Å². The van der Waals surface area contributed by atoms with E-state index in [4.69, 9.17) is 9.47 Å². The average molecular weight is 344 g/mol. The van der Waals surface area contributed by atoms with Crippen LogP contribution >= 0.6 is 27.3 Å². The van der Waals surface area contributed by atoms with E-state index in [2.05, 4.69) is 38.4 Å². The van der Waals surface area contributed by atoms with Crippen LogP contribution in [0.2, 0.25) is 0 Å². The van der Waals surface area contributed by atoms with Crippen molar-refractivity contribution in [2.45, 2.75) is 13.0 Å². The Morgan fingerprint density at radius 2 is 1.95 bits per heavy atom. The minimum atomic E-state index is 0.0969. The van der Waals surface area contributed by atoms with Crippen LogP contribution in [-0.4, -0.2) is 24.4 Å². The largest absolute Gasteiger partial charge is 0.493 e. The number of hydrogen-bond donors (Lipinski definition) is 1. The standard InChI is InChI=1S/C12H14BrN3O2S/c1-7(14-12-16-15-11(13)19-12)8-4-5-9(17-2)10(6-8)18-3/h4-7H,1-3H3,(H,14,16). The topological polar surface area (TPSA) is 56.3 Å². The summed E-state index contributed by atoms with van der Waals surface area (Å²) in [6, 6.07) is 5.93. The Kier molecular flexibility index (Phi) is 4.60. The molecule has 102 valence electrons. The highest BCUT2D eigenvalue weighted by atomic mass is 79.9. The van der Waals surface area contributed by atoms with Gasteiger partial charge in [0.05, 0.1) is 20.3 Å². The van der Waals surface area contributed by atoms with Crippen molar-refractivity contribution in [1.29, 1.82) is 0 Å². The molecule has 0 radical (unpaired) electrons. The Morgan fingerprint density at radius 1 is 1.21 bits per heavy atom. The number of aromatic nitrogens is 2. The lowest BCUT2D eigenvalue weighted by Crippen LogP contribution is -2.06. The molecule has 5 nitrogen and oxygen atoms in total. The fourth-order valence-electron chi connectivity index (χ4n) is 1.65. The van der Waals surface area contributed by atoms with Crippen LogP contribution in [0.3, 0.4) is 0 Å². The molecule has 0 aliphatic heterocycles. The van der Waals surface area contributed by atoms with E-state index >= 15 is 0 Å². The first-order valence-corrected chi connectivity index (χ1v) is 7.22. The van der Waals surface area contributed by atoms with E-state index in [9.17, 15) is 0 Å². The van der Waals surface area contributed by atoms with Gasteiger partial charge in [0.1, 0.15) is 0 Å². The Balaban J connectivity index is 2.16. The lowest BCUT2D eigenvalue weighted by Gasteiger charge is -2.15. The predicted octanol–water partition coefficient (Wildman–Crippen LogP) is 3.49. The maximum Gasteiger partial charge on any atom is 0.206 e. The Morgan fingerprint density at radius 3 is 2.53 bits per heavy atom. The minimum Gasteiger partial charge on any atom is -0.493 e. The van der Waals surface area contributed by atoms with Gasteiger partial charge in [0, 0.05) is 0 Å². The normalized spacial score (nSPS) is 12.0. The van der Waals surface area contributed by atoms with Gasteiger partial charge in [-0.05, 0) is 40.5 Å². The van der Waals surface area contributed by atoms with Gasteiger partial charge in [-0.25, -0.2) is 0 Å². The Bertz CT molecular complexity index is 562. The quantitative estimate of drug-likeness (QED) is 0.900. The second-order valence-corrected chi connectivity index (χ2v) is 6.09. The van der Waals surface area contributed by atoms with Crippen molar-refractivity contribution in [1.82, 2.24) is 10.2 Å². The monoisotopic (exact) mass is 343 g/mol. The first kappa shape index (κ1) is 14.1. The number of ether oxygens (including phenoxy) is 2. The highest BCUT2D eigenvalue weighted by Gasteiger charge is 2.12. The molecule has 7 heteroatoms. The molecular weight excluding hydrogens is 330 g/mol. The average Bonchev–Trinajstić information content (AvgIpc) is 2.83. The first-order chi connectivity index (χ1) is 9.13. The lowest BCUT2D eigenvalue weighted by atomic mass is 10.1. The molecule has 1 aromatic heterocycles. The molecule has 0 saturated carbocycles. The van der Waals surface area contributed by atoms with Crippen LogP contribution in [0.4, 0.5) is 5.13 Å². The first-order valence-electron chi connectivity index (χ1n) is 5.61. The molecule has 1 unspecified atom stereocenters. The summed E-state index contributed by atoms with van der Waals surface area (Å²) >= 11 is 4.74. The van der Waals surface area contributed by atoms with Crippen LogP contribution in [0, 0.1) is 0 Å². The molecule has 1 aromatic carbocycles. The minimum absolute atomic E-state index is 0.0969. The van der Waals surface area contributed by atoms with Crippen molar-refractivity contribution < 1.29 is 9.47 Å². The zero-order chi connectivity index (χ0) is 13.8. The van der Waals surface area contributed by atoms with Crippen molar-refractivity contribution >= 4 is 32.4 Å². The molecular formula is C12H14BrN3O2S. The molecule has 1 N–H and O–H groups in total. The van der Waals surface area contributed by atoms with Gasteiger partial charge < -0.3 is 14.8 Å². The smallest absolute Gasteiger partial charge is 0.206 e. The zero-order valence-electron chi connectivity index (χ0n) is 10.8. The van der Waals surface area contributed by atoms with Gasteiger partial charge in [-0.3, -0.25) is 0 Å². The molecule has 0 fully saturated rings. The number of halogens is 1. The third kappa shape index (κ3) is 3.36. The summed E-state index contributed by atoms with van der Waals surface area (Å²) in [6.45, 7) is 2.05. The van der Waals surface area contributed by atoms with E-state index in [1.54, 1.807) is 14.2 Å². The number of methoxy groups -OCH3 is 2. The van der Waals surface area contributed by atoms with Crippen LogP contribution in [0.1, 0.15) is 18.5 Å². The van der Waals surface area contributed by atoms with Crippen molar-refractivity contribution in [3.8, 4) is 11.5 Å². The van der Waals surface area contributed by atoms with Crippen molar-refractivity contribution in [3.05, 3.63) is 27.7 Å². The van der Waals surface area contributed by atoms with Gasteiger partial charge in [-0.2, -0.15) is 0 Å². The van der Waals surface area contributed by atoms with Crippen molar-refractivity contribution in [3.63, 3.8) is 0 Å². The number of nitrogens with one attached hydrogen (secondary N) is 1. The van der Waals surface area contributed by atoms with Crippen LogP contribution in [0.5, 0.6) is 11.5 Å². The van der Waals surface area contributed by atoms with Gasteiger partial charge in [0.2, 0.25) is 5.13 Å². The fraction of sp³-hybridized carbons (Fsp3) is 0.333. The summed E-state index contributed by atoms with van der Waals surface area (Å²) < 4.78 is 11.3. The second-order valence-electron chi connectivity index (χ2n) is 3.84. The fourth-order valence-corrected chi connectivity index (χ4v) is 2.75. The summed E-state index contributed by atoms with van der Waals surface area (Å²) in [5.74, 6) is 1.43. The summed E-state index contributed by atoms with van der Waals surface area (Å²) in [6.07, 6.45) is 0. The van der Waals surface area contributed by atoms with Gasteiger partial charge in [-0.1, -0.05) is 17.4 Å². The molecule has 0 amide bonds. The van der Waals surface area contributed by atoms with Gasteiger partial charge in [-0.15, -0.1) is 10.2 Å². The van der Waals surface area contributed by atoms with Crippen LogP contribution in [-0.2, 0) is 0 Å². The Hall–Kier alpha value is -1.34. The Labute approximate surface area is 124 Å².